The molecule has 160 valence electrons. The maximum atomic E-state index is 6.50. The average Bonchev–Trinajstić information content (AvgIpc) is 2.39. The fraction of sp³-hybridized carbons (Fsp3) is 1.00. The standard InChI is InChI=1S/C20H42N2O4Si/c1-17(2)11-15(12-18(3,4)21-17)25-27(23-9,24-10)26-16-13-19(5,6)22-20(7,8)14-16/h15-16,21-22H,11-14H2,1-10H3. The Kier molecular flexibility index (Phi) is 6.60. The van der Waals surface area contributed by atoms with Crippen LogP contribution in [0.4, 0.5) is 0 Å². The highest BCUT2D eigenvalue weighted by atomic mass is 28.4. The first-order valence-corrected chi connectivity index (χ1v) is 11.8. The summed E-state index contributed by atoms with van der Waals surface area (Å²) in [5.74, 6) is 0. The van der Waals surface area contributed by atoms with Gasteiger partial charge in [0.2, 0.25) is 0 Å². The Morgan fingerprint density at radius 2 is 0.852 bits per heavy atom. The molecule has 2 fully saturated rings. The normalized spacial score (nSPS) is 28.2. The van der Waals surface area contributed by atoms with Crippen molar-refractivity contribution in [2.75, 3.05) is 14.2 Å². The van der Waals surface area contributed by atoms with Crippen molar-refractivity contribution in [1.29, 1.82) is 0 Å². The summed E-state index contributed by atoms with van der Waals surface area (Å²) in [6.45, 7) is 17.7. The molecule has 0 aromatic heterocycles. The highest BCUT2D eigenvalue weighted by Crippen LogP contribution is 2.35. The summed E-state index contributed by atoms with van der Waals surface area (Å²) >= 11 is 0. The van der Waals surface area contributed by atoms with Crippen LogP contribution in [0.1, 0.15) is 81.1 Å². The van der Waals surface area contributed by atoms with Crippen LogP contribution in [0.15, 0.2) is 0 Å². The molecule has 6 nitrogen and oxygen atoms in total. The van der Waals surface area contributed by atoms with Crippen LogP contribution in [0.2, 0.25) is 0 Å². The Hall–Kier alpha value is -0.0231. The Bertz CT molecular complexity index is 444. The maximum absolute atomic E-state index is 6.50. The van der Waals surface area contributed by atoms with E-state index >= 15 is 0 Å². The highest BCUT2D eigenvalue weighted by molar-refractivity contribution is 6.53. The Balaban J connectivity index is 2.15. The fourth-order valence-electron chi connectivity index (χ4n) is 5.34. The van der Waals surface area contributed by atoms with Crippen molar-refractivity contribution < 1.29 is 17.7 Å². The third-order valence-corrected chi connectivity index (χ3v) is 7.67. The van der Waals surface area contributed by atoms with Gasteiger partial charge in [-0.2, -0.15) is 0 Å². The summed E-state index contributed by atoms with van der Waals surface area (Å²) in [6.07, 6.45) is 3.64. The van der Waals surface area contributed by atoms with Crippen LogP contribution >= 0.6 is 0 Å². The summed E-state index contributed by atoms with van der Waals surface area (Å²) in [5, 5.41) is 7.38. The molecule has 0 aliphatic carbocycles. The van der Waals surface area contributed by atoms with E-state index < -0.39 is 9.05 Å². The molecule has 27 heavy (non-hydrogen) atoms. The number of nitrogens with one attached hydrogen (secondary N) is 2. The summed E-state index contributed by atoms with van der Waals surface area (Å²) in [6, 6.07) is 0. The molecule has 2 heterocycles. The topological polar surface area (TPSA) is 61.0 Å². The first-order chi connectivity index (χ1) is 12.1. The fourth-order valence-corrected chi connectivity index (χ4v) is 7.09. The SMILES string of the molecule is CO[Si](OC)(OC1CC(C)(C)NC(C)(C)C1)OC1CC(C)(C)NC(C)(C)C1. The lowest BCUT2D eigenvalue weighted by Gasteiger charge is -2.49. The van der Waals surface area contributed by atoms with Gasteiger partial charge in [-0.25, -0.2) is 0 Å². The number of rotatable bonds is 6. The molecule has 2 aliphatic rings. The first-order valence-electron chi connectivity index (χ1n) is 10.2. The molecule has 0 unspecified atom stereocenters. The summed E-state index contributed by atoms with van der Waals surface area (Å²) in [4.78, 5) is 0. The minimum absolute atomic E-state index is 0.00716. The van der Waals surface area contributed by atoms with E-state index in [1.54, 1.807) is 14.2 Å². The van der Waals surface area contributed by atoms with Gasteiger partial charge in [-0.3, -0.25) is 0 Å². The van der Waals surface area contributed by atoms with Gasteiger partial charge in [-0.1, -0.05) is 0 Å². The summed E-state index contributed by atoms with van der Waals surface area (Å²) in [7, 11) is 0.0627. The lowest BCUT2D eigenvalue weighted by Crippen LogP contribution is -2.64. The second kappa shape index (κ2) is 7.67. The van der Waals surface area contributed by atoms with Gasteiger partial charge in [-0.05, 0) is 81.1 Å². The van der Waals surface area contributed by atoms with Crippen LogP contribution in [-0.2, 0) is 17.7 Å². The molecule has 0 aromatic rings. The van der Waals surface area contributed by atoms with Crippen molar-refractivity contribution >= 4 is 9.05 Å². The van der Waals surface area contributed by atoms with Crippen molar-refractivity contribution in [3.05, 3.63) is 0 Å². The van der Waals surface area contributed by atoms with Crippen molar-refractivity contribution in [3.8, 4) is 0 Å². The van der Waals surface area contributed by atoms with Crippen molar-refractivity contribution in [1.82, 2.24) is 10.6 Å². The Morgan fingerprint density at radius 1 is 0.593 bits per heavy atom. The summed E-state index contributed by atoms with van der Waals surface area (Å²) in [5.41, 5.74) is -0.0286. The zero-order chi connectivity index (χ0) is 20.7. The highest BCUT2D eigenvalue weighted by Gasteiger charge is 2.52. The Labute approximate surface area is 167 Å². The second-order valence-electron chi connectivity index (χ2n) is 11.0. The van der Waals surface area contributed by atoms with Gasteiger partial charge >= 0.3 is 9.05 Å². The number of hydrogen-bond donors (Lipinski definition) is 2. The molecule has 0 spiro atoms. The van der Waals surface area contributed by atoms with Crippen LogP contribution in [-0.4, -0.2) is 57.6 Å². The maximum Gasteiger partial charge on any atom is 0.679 e. The Morgan fingerprint density at radius 3 is 1.07 bits per heavy atom. The van der Waals surface area contributed by atoms with Gasteiger partial charge in [-0.15, -0.1) is 0 Å². The lowest BCUT2D eigenvalue weighted by molar-refractivity contribution is -0.0914. The zero-order valence-electron chi connectivity index (χ0n) is 19.1. The third-order valence-electron chi connectivity index (χ3n) is 5.43. The van der Waals surface area contributed by atoms with Crippen molar-refractivity contribution in [2.45, 2.75) is 115 Å². The quantitative estimate of drug-likeness (QED) is 0.664. The van der Waals surface area contributed by atoms with Crippen LogP contribution in [0.25, 0.3) is 0 Å². The molecule has 0 atom stereocenters. The van der Waals surface area contributed by atoms with Crippen LogP contribution in [0.5, 0.6) is 0 Å². The van der Waals surface area contributed by atoms with Crippen molar-refractivity contribution in [2.24, 2.45) is 0 Å². The van der Waals surface area contributed by atoms with E-state index in [2.05, 4.69) is 66.0 Å². The van der Waals surface area contributed by atoms with Gasteiger partial charge in [0.15, 0.2) is 0 Å². The first kappa shape index (κ1) is 23.3. The molecule has 2 rings (SSSR count). The molecule has 0 bridgehead atoms. The molecule has 0 amide bonds. The monoisotopic (exact) mass is 402 g/mol. The van der Waals surface area contributed by atoms with E-state index in [-0.39, 0.29) is 34.4 Å². The van der Waals surface area contributed by atoms with Crippen LogP contribution < -0.4 is 10.6 Å². The molecular formula is C20H42N2O4Si. The number of piperidine rings is 2. The third kappa shape index (κ3) is 6.49. The zero-order valence-corrected chi connectivity index (χ0v) is 20.1. The average molecular weight is 403 g/mol. The predicted molar refractivity (Wildman–Crippen MR) is 111 cm³/mol. The van der Waals surface area contributed by atoms with Crippen LogP contribution in [0.3, 0.4) is 0 Å². The van der Waals surface area contributed by atoms with Gasteiger partial charge in [0.1, 0.15) is 0 Å². The molecule has 0 saturated carbocycles. The largest absolute Gasteiger partial charge is 0.679 e. The van der Waals surface area contributed by atoms with Crippen LogP contribution in [0, 0.1) is 0 Å². The van der Waals surface area contributed by atoms with E-state index in [1.807, 2.05) is 0 Å². The molecule has 0 radical (unpaired) electrons. The van der Waals surface area contributed by atoms with E-state index in [0.29, 0.717) is 0 Å². The molecule has 0 aromatic carbocycles. The van der Waals surface area contributed by atoms with E-state index in [9.17, 15) is 0 Å². The van der Waals surface area contributed by atoms with Gasteiger partial charge in [0, 0.05) is 36.4 Å². The smallest absolute Gasteiger partial charge is 0.355 e. The minimum Gasteiger partial charge on any atom is -0.355 e. The molecule has 2 saturated heterocycles. The molecular weight excluding hydrogens is 360 g/mol. The molecule has 2 aliphatic heterocycles. The minimum atomic E-state index is -3.22. The summed E-state index contributed by atoms with van der Waals surface area (Å²) < 4.78 is 24.6. The lowest BCUT2D eigenvalue weighted by atomic mass is 9.81. The van der Waals surface area contributed by atoms with Crippen molar-refractivity contribution in [3.63, 3.8) is 0 Å². The predicted octanol–water partition coefficient (Wildman–Crippen LogP) is 3.37. The molecule has 7 heteroatoms. The van der Waals surface area contributed by atoms with Gasteiger partial charge in [0.05, 0.1) is 12.2 Å². The number of hydrogen-bond acceptors (Lipinski definition) is 6. The van der Waals surface area contributed by atoms with E-state index in [1.165, 1.54) is 0 Å². The second-order valence-corrected chi connectivity index (χ2v) is 13.3. The van der Waals surface area contributed by atoms with Gasteiger partial charge in [0.25, 0.3) is 0 Å². The van der Waals surface area contributed by atoms with E-state index in [4.69, 9.17) is 17.7 Å². The molecule has 2 N–H and O–H groups in total. The van der Waals surface area contributed by atoms with Gasteiger partial charge < -0.3 is 28.3 Å². The van der Waals surface area contributed by atoms with E-state index in [0.717, 1.165) is 25.7 Å².